The van der Waals surface area contributed by atoms with E-state index >= 15 is 0 Å². The number of rotatable bonds is 3. The smallest absolute Gasteiger partial charge is 0.308 e. The fraction of sp³-hybridized carbons (Fsp3) is 0.600. The van der Waals surface area contributed by atoms with E-state index < -0.39 is 11.9 Å². The Kier molecular flexibility index (Phi) is 2.93. The first-order valence-electron chi connectivity index (χ1n) is 4.67. The lowest BCUT2D eigenvalue weighted by Gasteiger charge is -2.08. The molecule has 0 amide bonds. The maximum Gasteiger partial charge on any atom is 0.308 e. The van der Waals surface area contributed by atoms with Gasteiger partial charge in [-0.15, -0.1) is 0 Å². The summed E-state index contributed by atoms with van der Waals surface area (Å²) in [5.74, 6) is -1.18. The number of carboxylic acids is 1. The van der Waals surface area contributed by atoms with E-state index in [2.05, 4.69) is 5.10 Å². The molecule has 1 aromatic rings. The second-order valence-corrected chi connectivity index (χ2v) is 3.72. The van der Waals surface area contributed by atoms with Gasteiger partial charge in [0.25, 0.3) is 0 Å². The molecule has 0 unspecified atom stereocenters. The molecule has 0 spiro atoms. The second-order valence-electron chi connectivity index (χ2n) is 3.72. The zero-order valence-electron chi connectivity index (χ0n) is 9.03. The highest BCUT2D eigenvalue weighted by atomic mass is 16.4. The molecule has 4 heteroatoms. The van der Waals surface area contributed by atoms with Crippen LogP contribution in [0.3, 0.4) is 0 Å². The molecule has 1 heterocycles. The van der Waals surface area contributed by atoms with E-state index in [0.29, 0.717) is 6.54 Å². The zero-order chi connectivity index (χ0) is 10.9. The van der Waals surface area contributed by atoms with E-state index in [0.717, 1.165) is 17.0 Å². The number of carbonyl (C=O) groups is 1. The first-order valence-corrected chi connectivity index (χ1v) is 4.67. The molecule has 1 aromatic heterocycles. The third-order valence-electron chi connectivity index (χ3n) is 2.61. The molecule has 0 aliphatic heterocycles. The average molecular weight is 196 g/mol. The molecule has 4 nitrogen and oxygen atoms in total. The lowest BCUT2D eigenvalue weighted by Crippen LogP contribution is -2.18. The third kappa shape index (κ3) is 1.95. The maximum atomic E-state index is 10.7. The van der Waals surface area contributed by atoms with Crippen LogP contribution in [0, 0.1) is 26.7 Å². The van der Waals surface area contributed by atoms with Crippen LogP contribution >= 0.6 is 0 Å². The van der Waals surface area contributed by atoms with Crippen LogP contribution in [-0.4, -0.2) is 20.9 Å². The van der Waals surface area contributed by atoms with Crippen LogP contribution in [0.2, 0.25) is 0 Å². The topological polar surface area (TPSA) is 55.1 Å². The first-order chi connectivity index (χ1) is 6.43. The van der Waals surface area contributed by atoms with E-state index in [4.69, 9.17) is 5.11 Å². The summed E-state index contributed by atoms with van der Waals surface area (Å²) >= 11 is 0. The molecule has 0 aliphatic rings. The van der Waals surface area contributed by atoms with Gasteiger partial charge in [0.2, 0.25) is 0 Å². The minimum absolute atomic E-state index is 0.396. The minimum atomic E-state index is -0.782. The van der Waals surface area contributed by atoms with Crippen molar-refractivity contribution in [3.63, 3.8) is 0 Å². The predicted molar refractivity (Wildman–Crippen MR) is 53.2 cm³/mol. The van der Waals surface area contributed by atoms with E-state index in [1.807, 2.05) is 20.8 Å². The van der Waals surface area contributed by atoms with Crippen LogP contribution in [0.4, 0.5) is 0 Å². The van der Waals surface area contributed by atoms with Gasteiger partial charge < -0.3 is 5.11 Å². The van der Waals surface area contributed by atoms with Crippen molar-refractivity contribution in [2.75, 3.05) is 0 Å². The number of nitrogens with zero attached hydrogens (tertiary/aromatic N) is 2. The van der Waals surface area contributed by atoms with Crippen LogP contribution in [0.1, 0.15) is 23.9 Å². The van der Waals surface area contributed by atoms with Gasteiger partial charge in [0.1, 0.15) is 0 Å². The molecule has 0 aliphatic carbocycles. The van der Waals surface area contributed by atoms with Gasteiger partial charge in [-0.25, -0.2) is 0 Å². The number of hydrogen-bond donors (Lipinski definition) is 1. The molecular weight excluding hydrogens is 180 g/mol. The molecule has 1 rings (SSSR count). The largest absolute Gasteiger partial charge is 0.481 e. The molecule has 0 aromatic carbocycles. The Morgan fingerprint density at radius 3 is 2.43 bits per heavy atom. The van der Waals surface area contributed by atoms with Gasteiger partial charge in [-0.2, -0.15) is 5.10 Å². The fourth-order valence-electron chi connectivity index (χ4n) is 1.30. The molecule has 0 bridgehead atoms. The summed E-state index contributed by atoms with van der Waals surface area (Å²) < 4.78 is 1.77. The number of aryl methyl sites for hydroxylation is 1. The van der Waals surface area contributed by atoms with Gasteiger partial charge in [0.05, 0.1) is 18.2 Å². The average Bonchev–Trinajstić information content (AvgIpc) is 2.33. The highest BCUT2D eigenvalue weighted by Gasteiger charge is 2.15. The van der Waals surface area contributed by atoms with Crippen molar-refractivity contribution in [3.8, 4) is 0 Å². The number of carboxylic acid groups (broad SMARTS) is 1. The van der Waals surface area contributed by atoms with Crippen molar-refractivity contribution >= 4 is 5.97 Å². The monoisotopic (exact) mass is 196 g/mol. The Morgan fingerprint density at radius 2 is 2.07 bits per heavy atom. The van der Waals surface area contributed by atoms with Crippen molar-refractivity contribution in [3.05, 3.63) is 17.0 Å². The molecule has 0 radical (unpaired) electrons. The van der Waals surface area contributed by atoms with Crippen LogP contribution < -0.4 is 0 Å². The molecular formula is C10H16N2O2. The van der Waals surface area contributed by atoms with Gasteiger partial charge >= 0.3 is 5.97 Å². The van der Waals surface area contributed by atoms with Crippen molar-refractivity contribution in [2.24, 2.45) is 5.92 Å². The quantitative estimate of drug-likeness (QED) is 0.797. The maximum absolute atomic E-state index is 10.7. The standard InChI is InChI=1S/C10H16N2O2/c1-6(10(13)14)5-12-9(4)7(2)8(3)11-12/h6H,5H2,1-4H3,(H,13,14)/t6-/m0/s1. The van der Waals surface area contributed by atoms with Crippen LogP contribution in [0.25, 0.3) is 0 Å². The van der Waals surface area contributed by atoms with Gasteiger partial charge in [0, 0.05) is 5.69 Å². The third-order valence-corrected chi connectivity index (χ3v) is 2.61. The summed E-state index contributed by atoms with van der Waals surface area (Å²) in [7, 11) is 0. The summed E-state index contributed by atoms with van der Waals surface area (Å²) in [6.07, 6.45) is 0. The zero-order valence-corrected chi connectivity index (χ0v) is 9.03. The Hall–Kier alpha value is -1.32. The summed E-state index contributed by atoms with van der Waals surface area (Å²) in [4.78, 5) is 10.7. The molecule has 14 heavy (non-hydrogen) atoms. The normalized spacial score (nSPS) is 12.9. The summed E-state index contributed by atoms with van der Waals surface area (Å²) in [6, 6.07) is 0. The number of hydrogen-bond acceptors (Lipinski definition) is 2. The molecule has 0 saturated carbocycles. The fourth-order valence-corrected chi connectivity index (χ4v) is 1.30. The molecule has 0 fully saturated rings. The van der Waals surface area contributed by atoms with Crippen molar-refractivity contribution in [1.29, 1.82) is 0 Å². The first kappa shape index (κ1) is 10.8. The van der Waals surface area contributed by atoms with E-state index in [1.165, 1.54) is 0 Å². The Bertz CT molecular complexity index is 355. The SMILES string of the molecule is Cc1nn(C[C@H](C)C(=O)O)c(C)c1C. The van der Waals surface area contributed by atoms with Crippen molar-refractivity contribution < 1.29 is 9.90 Å². The van der Waals surface area contributed by atoms with Crippen LogP contribution in [0.15, 0.2) is 0 Å². The van der Waals surface area contributed by atoms with Crippen LogP contribution in [0.5, 0.6) is 0 Å². The van der Waals surface area contributed by atoms with Crippen molar-refractivity contribution in [1.82, 2.24) is 9.78 Å². The predicted octanol–water partition coefficient (Wildman–Crippen LogP) is 1.53. The summed E-state index contributed by atoms with van der Waals surface area (Å²) in [5, 5.41) is 13.1. The van der Waals surface area contributed by atoms with E-state index in [-0.39, 0.29) is 0 Å². The molecule has 0 saturated heterocycles. The Balaban J connectivity index is 2.87. The number of aromatic nitrogens is 2. The minimum Gasteiger partial charge on any atom is -0.481 e. The van der Waals surface area contributed by atoms with Gasteiger partial charge in [-0.3, -0.25) is 9.48 Å². The molecule has 1 N–H and O–H groups in total. The van der Waals surface area contributed by atoms with Gasteiger partial charge in [-0.1, -0.05) is 6.92 Å². The summed E-state index contributed by atoms with van der Waals surface area (Å²) in [5.41, 5.74) is 3.17. The summed E-state index contributed by atoms with van der Waals surface area (Å²) in [6.45, 7) is 8.03. The van der Waals surface area contributed by atoms with Crippen molar-refractivity contribution in [2.45, 2.75) is 34.2 Å². The van der Waals surface area contributed by atoms with Gasteiger partial charge in [-0.05, 0) is 26.3 Å². The lowest BCUT2D eigenvalue weighted by atomic mass is 10.2. The van der Waals surface area contributed by atoms with E-state index in [9.17, 15) is 4.79 Å². The van der Waals surface area contributed by atoms with E-state index in [1.54, 1.807) is 11.6 Å². The Labute approximate surface area is 83.5 Å². The number of aliphatic carboxylic acids is 1. The van der Waals surface area contributed by atoms with Gasteiger partial charge in [0.15, 0.2) is 0 Å². The van der Waals surface area contributed by atoms with Crippen LogP contribution in [-0.2, 0) is 11.3 Å². The Morgan fingerprint density at radius 1 is 1.50 bits per heavy atom. The lowest BCUT2D eigenvalue weighted by molar-refractivity contribution is -0.141. The molecule has 78 valence electrons. The highest BCUT2D eigenvalue weighted by molar-refractivity contribution is 5.69. The molecule has 1 atom stereocenters. The highest BCUT2D eigenvalue weighted by Crippen LogP contribution is 2.12. The second kappa shape index (κ2) is 3.82.